The van der Waals surface area contributed by atoms with Crippen molar-refractivity contribution in [2.24, 2.45) is 0 Å². The normalized spacial score (nSPS) is 16.6. The monoisotopic (exact) mass is 228 g/mol. The molecular weight excluding hydrogens is 212 g/mol. The molecule has 0 amide bonds. The van der Waals surface area contributed by atoms with Gasteiger partial charge in [0.2, 0.25) is 0 Å². The predicted molar refractivity (Wildman–Crippen MR) is 67.8 cm³/mol. The molecule has 1 atom stereocenters. The number of hydrogen-bond donors (Lipinski definition) is 1. The van der Waals surface area contributed by atoms with Gasteiger partial charge in [-0.05, 0) is 25.5 Å². The van der Waals surface area contributed by atoms with Crippen LogP contribution in [0.2, 0.25) is 0 Å². The molecule has 88 valence electrons. The third-order valence-corrected chi connectivity index (χ3v) is 3.01. The molecule has 0 radical (unpaired) electrons. The Hall–Kier alpha value is -1.79. The van der Waals surface area contributed by atoms with Gasteiger partial charge in [-0.1, -0.05) is 18.2 Å². The summed E-state index contributed by atoms with van der Waals surface area (Å²) in [7, 11) is 0. The van der Waals surface area contributed by atoms with Gasteiger partial charge in [0.05, 0.1) is 17.7 Å². The van der Waals surface area contributed by atoms with Crippen molar-refractivity contribution in [2.45, 2.75) is 19.4 Å². The van der Waals surface area contributed by atoms with Crippen LogP contribution in [0.15, 0.2) is 30.4 Å². The number of nitriles is 1. The molecule has 1 aromatic carbocycles. The lowest BCUT2D eigenvalue weighted by Crippen LogP contribution is -2.28. The van der Waals surface area contributed by atoms with E-state index in [-0.39, 0.29) is 0 Å². The second-order valence-corrected chi connectivity index (χ2v) is 4.27. The van der Waals surface area contributed by atoms with E-state index >= 15 is 0 Å². The van der Waals surface area contributed by atoms with E-state index in [1.807, 2.05) is 12.1 Å². The molecule has 0 fully saturated rings. The largest absolute Gasteiger partial charge is 0.389 e. The molecule has 2 rings (SSSR count). The Kier molecular flexibility index (Phi) is 3.46. The number of nitrogens with zero attached hydrogens (tertiary/aromatic N) is 2. The van der Waals surface area contributed by atoms with Crippen molar-refractivity contribution in [3.05, 3.63) is 41.5 Å². The second-order valence-electron chi connectivity index (χ2n) is 4.27. The van der Waals surface area contributed by atoms with Crippen molar-refractivity contribution in [3.63, 3.8) is 0 Å². The zero-order valence-corrected chi connectivity index (χ0v) is 9.93. The minimum atomic E-state index is -0.511. The highest BCUT2D eigenvalue weighted by atomic mass is 16.3. The van der Waals surface area contributed by atoms with E-state index in [4.69, 9.17) is 5.26 Å². The Bertz CT molecular complexity index is 472. The Morgan fingerprint density at radius 1 is 1.41 bits per heavy atom. The molecule has 1 heterocycles. The molecule has 0 unspecified atom stereocenters. The van der Waals surface area contributed by atoms with Crippen LogP contribution in [0.4, 0.5) is 5.69 Å². The van der Waals surface area contributed by atoms with Crippen molar-refractivity contribution in [1.82, 2.24) is 0 Å². The van der Waals surface area contributed by atoms with E-state index in [0.717, 1.165) is 30.8 Å². The van der Waals surface area contributed by atoms with E-state index < -0.39 is 6.10 Å². The van der Waals surface area contributed by atoms with Crippen LogP contribution in [0.3, 0.4) is 0 Å². The van der Waals surface area contributed by atoms with Gasteiger partial charge in [-0.25, -0.2) is 0 Å². The average Bonchev–Trinajstić information content (AvgIpc) is 2.39. The molecule has 1 aliphatic rings. The number of hydrogen-bond acceptors (Lipinski definition) is 3. The van der Waals surface area contributed by atoms with Crippen molar-refractivity contribution >= 4 is 5.69 Å². The van der Waals surface area contributed by atoms with Gasteiger partial charge < -0.3 is 10.0 Å². The van der Waals surface area contributed by atoms with Crippen LogP contribution in [0.25, 0.3) is 0 Å². The summed E-state index contributed by atoms with van der Waals surface area (Å²) in [5.41, 5.74) is 2.50. The maximum absolute atomic E-state index is 9.77. The van der Waals surface area contributed by atoms with Gasteiger partial charge in [-0.3, -0.25) is 0 Å². The van der Waals surface area contributed by atoms with Crippen LogP contribution in [-0.4, -0.2) is 18.2 Å². The first-order valence-corrected chi connectivity index (χ1v) is 5.84. The molecule has 0 saturated carbocycles. The van der Waals surface area contributed by atoms with Crippen molar-refractivity contribution < 1.29 is 5.11 Å². The first-order valence-electron chi connectivity index (χ1n) is 5.84. The molecule has 17 heavy (non-hydrogen) atoms. The smallest absolute Gasteiger partial charge is 0.0992 e. The molecule has 0 aromatic heterocycles. The van der Waals surface area contributed by atoms with Crippen molar-refractivity contribution in [3.8, 4) is 6.07 Å². The Morgan fingerprint density at radius 3 is 2.82 bits per heavy atom. The Morgan fingerprint density at radius 2 is 2.24 bits per heavy atom. The maximum atomic E-state index is 9.77. The highest BCUT2D eigenvalue weighted by Crippen LogP contribution is 2.28. The van der Waals surface area contributed by atoms with Gasteiger partial charge in [0, 0.05) is 24.3 Å². The quantitative estimate of drug-likeness (QED) is 0.790. The lowest BCUT2D eigenvalue weighted by Gasteiger charge is -2.28. The minimum absolute atomic E-state index is 0.511. The summed E-state index contributed by atoms with van der Waals surface area (Å²) in [6.07, 6.45) is 4.78. The van der Waals surface area contributed by atoms with E-state index in [1.54, 1.807) is 13.0 Å². The van der Waals surface area contributed by atoms with Crippen LogP contribution in [0.5, 0.6) is 0 Å². The highest BCUT2D eigenvalue weighted by molar-refractivity contribution is 5.59. The molecule has 3 heteroatoms. The van der Waals surface area contributed by atoms with E-state index in [2.05, 4.69) is 23.1 Å². The minimum Gasteiger partial charge on any atom is -0.389 e. The molecular formula is C14H16N2O. The predicted octanol–water partition coefficient (Wildman–Crippen LogP) is 2.38. The fraction of sp³-hybridized carbons (Fsp3) is 0.357. The summed E-state index contributed by atoms with van der Waals surface area (Å²) in [4.78, 5) is 2.20. The number of aliphatic hydroxyl groups excluding tert-OH is 1. The maximum Gasteiger partial charge on any atom is 0.0992 e. The SMILES string of the molecule is C[C@@H](O)c1ccc(C#N)cc1N1CC=CCC1. The number of aliphatic hydroxyl groups is 1. The van der Waals surface area contributed by atoms with Crippen LogP contribution < -0.4 is 4.90 Å². The summed E-state index contributed by atoms with van der Waals surface area (Å²) >= 11 is 0. The van der Waals surface area contributed by atoms with Crippen LogP contribution in [0, 0.1) is 11.3 Å². The second kappa shape index (κ2) is 5.03. The summed E-state index contributed by atoms with van der Waals surface area (Å²) in [5, 5.41) is 18.7. The third kappa shape index (κ3) is 2.48. The molecule has 1 aromatic rings. The summed E-state index contributed by atoms with van der Waals surface area (Å²) < 4.78 is 0. The fourth-order valence-corrected chi connectivity index (χ4v) is 2.10. The van der Waals surface area contributed by atoms with Gasteiger partial charge in [0.25, 0.3) is 0 Å². The first-order chi connectivity index (χ1) is 8.22. The lowest BCUT2D eigenvalue weighted by atomic mass is 10.0. The molecule has 1 N–H and O–H groups in total. The standard InChI is InChI=1S/C14H16N2O/c1-11(17)13-6-5-12(10-15)9-14(13)16-7-3-2-4-8-16/h2-3,5-6,9,11,17H,4,7-8H2,1H3/t11-/m1/s1. The van der Waals surface area contributed by atoms with Crippen LogP contribution >= 0.6 is 0 Å². The van der Waals surface area contributed by atoms with Gasteiger partial charge in [-0.15, -0.1) is 0 Å². The average molecular weight is 228 g/mol. The van der Waals surface area contributed by atoms with Crippen molar-refractivity contribution in [2.75, 3.05) is 18.0 Å². The van der Waals surface area contributed by atoms with Gasteiger partial charge >= 0.3 is 0 Å². The van der Waals surface area contributed by atoms with Crippen molar-refractivity contribution in [1.29, 1.82) is 5.26 Å². The number of benzene rings is 1. The Balaban J connectivity index is 2.41. The molecule has 0 saturated heterocycles. The number of rotatable bonds is 2. The summed E-state index contributed by atoms with van der Waals surface area (Å²) in [6.45, 7) is 3.53. The molecule has 3 nitrogen and oxygen atoms in total. The zero-order valence-electron chi connectivity index (χ0n) is 9.93. The molecule has 0 aliphatic carbocycles. The van der Waals surface area contributed by atoms with Gasteiger partial charge in [-0.2, -0.15) is 5.26 Å². The molecule has 0 bridgehead atoms. The number of anilines is 1. The summed E-state index contributed by atoms with van der Waals surface area (Å²) in [6, 6.07) is 7.61. The first kappa shape index (κ1) is 11.7. The van der Waals surface area contributed by atoms with E-state index in [9.17, 15) is 5.11 Å². The lowest BCUT2D eigenvalue weighted by molar-refractivity contribution is 0.199. The highest BCUT2D eigenvalue weighted by Gasteiger charge is 2.15. The van der Waals surface area contributed by atoms with Gasteiger partial charge in [0.1, 0.15) is 0 Å². The molecule has 0 spiro atoms. The fourth-order valence-electron chi connectivity index (χ4n) is 2.10. The Labute approximate surface area is 102 Å². The van der Waals surface area contributed by atoms with E-state index in [1.165, 1.54) is 0 Å². The van der Waals surface area contributed by atoms with Crippen LogP contribution in [0.1, 0.15) is 30.6 Å². The third-order valence-electron chi connectivity index (χ3n) is 3.01. The zero-order chi connectivity index (χ0) is 12.3. The topological polar surface area (TPSA) is 47.3 Å². The van der Waals surface area contributed by atoms with E-state index in [0.29, 0.717) is 5.56 Å². The summed E-state index contributed by atoms with van der Waals surface area (Å²) in [5.74, 6) is 0. The molecule has 1 aliphatic heterocycles. The van der Waals surface area contributed by atoms with Crippen LogP contribution in [-0.2, 0) is 0 Å². The van der Waals surface area contributed by atoms with Gasteiger partial charge in [0.15, 0.2) is 0 Å².